The molecular weight excluding hydrogens is 623 g/mol. The number of carbonyl (C=O) groups excluding carboxylic acids is 3. The Balaban J connectivity index is 2.06. The van der Waals surface area contributed by atoms with Gasteiger partial charge in [-0.05, 0) is 50.4 Å². The van der Waals surface area contributed by atoms with E-state index in [4.69, 9.17) is 5.73 Å². The molecule has 0 fully saturated rings. The van der Waals surface area contributed by atoms with E-state index in [1.807, 2.05) is 0 Å². The smallest absolute Gasteiger partial charge is 0.369 e. The number of nitrogens with two attached hydrogens (primary N) is 1. The summed E-state index contributed by atoms with van der Waals surface area (Å²) < 4.78 is 120. The molecule has 0 aromatic heterocycles. The third-order valence-corrected chi connectivity index (χ3v) is 7.55. The second-order valence-electron chi connectivity index (χ2n) is 10.9. The molecule has 2 aromatic carbocycles. The summed E-state index contributed by atoms with van der Waals surface area (Å²) in [5.74, 6) is -7.49. The molecule has 1 aliphatic rings. The summed E-state index contributed by atoms with van der Waals surface area (Å²) in [6.45, 7) is 1.71. The van der Waals surface area contributed by atoms with E-state index in [0.717, 1.165) is 12.1 Å². The zero-order valence-corrected chi connectivity index (χ0v) is 24.0. The first-order valence-corrected chi connectivity index (χ1v) is 13.7. The van der Waals surface area contributed by atoms with Crippen molar-refractivity contribution in [3.63, 3.8) is 0 Å². The van der Waals surface area contributed by atoms with Crippen LogP contribution in [0.2, 0.25) is 0 Å². The number of carbonyl (C=O) groups is 3. The van der Waals surface area contributed by atoms with Crippen LogP contribution in [0.15, 0.2) is 42.5 Å². The van der Waals surface area contributed by atoms with Crippen LogP contribution >= 0.6 is 0 Å². The molecule has 4 N–H and O–H groups in total. The summed E-state index contributed by atoms with van der Waals surface area (Å²) in [7, 11) is 1.30. The van der Waals surface area contributed by atoms with Gasteiger partial charge in [-0.1, -0.05) is 42.0 Å². The van der Waals surface area contributed by atoms with Gasteiger partial charge in [0.1, 0.15) is 0 Å². The number of fused-ring (bicyclic) bond motifs is 1. The number of benzene rings is 2. The van der Waals surface area contributed by atoms with Gasteiger partial charge in [-0.2, -0.15) is 39.5 Å². The minimum atomic E-state index is -4.91. The minimum absolute atomic E-state index is 0.00110. The van der Waals surface area contributed by atoms with E-state index in [1.54, 1.807) is 31.2 Å². The van der Waals surface area contributed by atoms with E-state index < -0.39 is 104 Å². The normalized spacial score (nSPS) is 19.2. The number of anilines is 1. The number of hydrogen-bond donors (Lipinski definition) is 3. The van der Waals surface area contributed by atoms with Crippen LogP contribution in [0.3, 0.4) is 0 Å². The van der Waals surface area contributed by atoms with Gasteiger partial charge in [-0.25, -0.2) is 0 Å². The summed E-state index contributed by atoms with van der Waals surface area (Å²) in [6.07, 6.45) is -21.6. The van der Waals surface area contributed by atoms with Crippen molar-refractivity contribution in [2.24, 2.45) is 17.6 Å². The Morgan fingerprint density at radius 3 is 2.11 bits per heavy atom. The Morgan fingerprint density at radius 2 is 1.56 bits per heavy atom. The first-order valence-electron chi connectivity index (χ1n) is 13.7. The monoisotopic (exact) mass is 654 g/mol. The van der Waals surface area contributed by atoms with Gasteiger partial charge in [0.2, 0.25) is 11.8 Å². The van der Waals surface area contributed by atoms with Crippen molar-refractivity contribution in [1.82, 2.24) is 10.2 Å². The molecule has 0 spiro atoms. The van der Waals surface area contributed by atoms with Gasteiger partial charge >= 0.3 is 18.5 Å². The maximum Gasteiger partial charge on any atom is 0.418 e. The van der Waals surface area contributed by atoms with Crippen LogP contribution in [-0.2, 0) is 20.6 Å². The van der Waals surface area contributed by atoms with Gasteiger partial charge in [0.05, 0.1) is 17.3 Å². The summed E-state index contributed by atoms with van der Waals surface area (Å²) in [5.41, 5.74) is 4.65. The highest BCUT2D eigenvalue weighted by Gasteiger charge is 2.44. The van der Waals surface area contributed by atoms with Gasteiger partial charge in [-0.3, -0.25) is 19.3 Å². The molecule has 0 radical (unpaired) electrons. The van der Waals surface area contributed by atoms with Crippen molar-refractivity contribution in [2.75, 3.05) is 12.4 Å². The molecule has 3 amide bonds. The maximum atomic E-state index is 14.0. The van der Waals surface area contributed by atoms with Crippen molar-refractivity contribution in [2.45, 2.75) is 69.8 Å². The maximum absolute atomic E-state index is 14.0. The predicted octanol–water partition coefficient (Wildman–Crippen LogP) is 6.22. The fourth-order valence-corrected chi connectivity index (χ4v) is 5.48. The third-order valence-electron chi connectivity index (χ3n) is 7.55. The molecule has 1 aliphatic heterocycles. The van der Waals surface area contributed by atoms with Crippen LogP contribution in [0.4, 0.5) is 45.2 Å². The second-order valence-corrected chi connectivity index (χ2v) is 10.9. The van der Waals surface area contributed by atoms with E-state index in [0.29, 0.717) is 11.1 Å². The first kappa shape index (κ1) is 35.7. The van der Waals surface area contributed by atoms with Crippen LogP contribution in [0.25, 0.3) is 0 Å². The summed E-state index contributed by atoms with van der Waals surface area (Å²) in [6, 6.07) is 8.65. The molecule has 4 atom stereocenters. The average Bonchev–Trinajstić information content (AvgIpc) is 2.99. The largest absolute Gasteiger partial charge is 0.418 e. The van der Waals surface area contributed by atoms with Crippen molar-refractivity contribution in [3.8, 4) is 0 Å². The van der Waals surface area contributed by atoms with Crippen molar-refractivity contribution in [3.05, 3.63) is 64.7 Å². The Morgan fingerprint density at radius 1 is 0.933 bits per heavy atom. The third kappa shape index (κ3) is 9.34. The molecule has 248 valence electrons. The fourth-order valence-electron chi connectivity index (χ4n) is 5.48. The van der Waals surface area contributed by atoms with Crippen LogP contribution in [-0.4, -0.2) is 48.2 Å². The molecule has 0 aliphatic carbocycles. The number of para-hydroxylation sites is 1. The molecule has 45 heavy (non-hydrogen) atoms. The topological polar surface area (TPSA) is 105 Å². The number of halogens is 9. The van der Waals surface area contributed by atoms with Crippen LogP contribution in [0, 0.1) is 18.8 Å². The molecule has 0 saturated heterocycles. The molecule has 16 heteroatoms. The number of amides is 3. The number of likely N-dealkylation sites (N-methyl/N-ethyl adjacent to an activating group) is 1. The number of hydrogen-bond acceptors (Lipinski definition) is 4. The lowest BCUT2D eigenvalue weighted by atomic mass is 9.83. The van der Waals surface area contributed by atoms with E-state index in [2.05, 4.69) is 10.6 Å². The zero-order valence-electron chi connectivity index (χ0n) is 24.0. The van der Waals surface area contributed by atoms with Crippen molar-refractivity contribution < 1.29 is 53.9 Å². The lowest BCUT2D eigenvalue weighted by molar-refractivity contribution is -0.148. The summed E-state index contributed by atoms with van der Waals surface area (Å²) >= 11 is 0. The van der Waals surface area contributed by atoms with E-state index in [9.17, 15) is 53.9 Å². The van der Waals surface area contributed by atoms with Gasteiger partial charge in [0, 0.05) is 24.7 Å². The number of alkyl halides is 9. The second kappa shape index (κ2) is 13.7. The highest BCUT2D eigenvalue weighted by Crippen LogP contribution is 2.43. The Bertz CT molecular complexity index is 1390. The number of aryl methyl sites for hydroxylation is 1. The number of rotatable bonds is 10. The summed E-state index contributed by atoms with van der Waals surface area (Å²) in [4.78, 5) is 40.4. The SMILES string of the molecule is Cc1cccc(C2c3cccc(C(F)(F)F)c3NC(=O)[C@@H](NC(=O)C(CCC(F)(F)F)[C@H](CCCC(F)(F)F)C(N)=O)N2C)c1. The number of nitrogens with one attached hydrogen (secondary N) is 2. The molecule has 7 nitrogen and oxygen atoms in total. The van der Waals surface area contributed by atoms with Crippen molar-refractivity contribution >= 4 is 23.4 Å². The molecule has 2 aromatic rings. The van der Waals surface area contributed by atoms with Gasteiger partial charge in [-0.15, -0.1) is 0 Å². The van der Waals surface area contributed by atoms with Crippen molar-refractivity contribution in [1.29, 1.82) is 0 Å². The standard InChI is InChI=1S/C29H31F9N4O3/c1-15-6-3-7-16(14-15)22-19-8-4-10-20(29(36,37)38)21(19)40-26(45)24(42(22)2)41-25(44)18(11-13-28(33,34)35)17(23(39)43)9-5-12-27(30,31)32/h3-4,6-8,10,14,17-18,22,24H,5,9,11-13H2,1-2H3,(H2,39,43)(H,40,45)(H,41,44)/t17-,18?,22?,24-/m0/s1. The van der Waals surface area contributed by atoms with Crippen LogP contribution < -0.4 is 16.4 Å². The molecule has 0 saturated carbocycles. The highest BCUT2D eigenvalue weighted by atomic mass is 19.4. The Labute approximate surface area is 252 Å². The lowest BCUT2D eigenvalue weighted by Gasteiger charge is -2.34. The van der Waals surface area contributed by atoms with Crippen LogP contribution in [0.1, 0.15) is 60.4 Å². The Kier molecular flexibility index (Phi) is 10.8. The highest BCUT2D eigenvalue weighted by molar-refractivity contribution is 6.00. The van der Waals surface area contributed by atoms with Gasteiger partial charge < -0.3 is 16.4 Å². The number of nitrogens with zero attached hydrogens (tertiary/aromatic N) is 1. The van der Waals surface area contributed by atoms with Gasteiger partial charge in [0.25, 0.3) is 5.91 Å². The number of primary amides is 1. The fraction of sp³-hybridized carbons (Fsp3) is 0.483. The predicted molar refractivity (Wildman–Crippen MR) is 144 cm³/mol. The molecular formula is C29H31F9N4O3. The molecule has 2 unspecified atom stereocenters. The minimum Gasteiger partial charge on any atom is -0.369 e. The summed E-state index contributed by atoms with van der Waals surface area (Å²) in [5, 5.41) is 4.42. The average molecular weight is 655 g/mol. The van der Waals surface area contributed by atoms with Crippen LogP contribution in [0.5, 0.6) is 0 Å². The van der Waals surface area contributed by atoms with E-state index in [1.165, 1.54) is 18.0 Å². The Hall–Kier alpha value is -3.82. The van der Waals surface area contributed by atoms with E-state index in [-0.39, 0.29) is 5.56 Å². The lowest BCUT2D eigenvalue weighted by Crippen LogP contribution is -2.55. The van der Waals surface area contributed by atoms with Gasteiger partial charge in [0.15, 0.2) is 6.17 Å². The quantitative estimate of drug-likeness (QED) is 0.265. The van der Waals surface area contributed by atoms with E-state index >= 15 is 0 Å². The zero-order chi connectivity index (χ0) is 33.9. The molecule has 3 rings (SSSR count). The first-order chi connectivity index (χ1) is 20.7. The molecule has 0 bridgehead atoms. The molecule has 1 heterocycles.